The fourth-order valence-electron chi connectivity index (χ4n) is 6.77. The molecule has 0 aromatic carbocycles. The quantitative estimate of drug-likeness (QED) is 0.112. The zero-order chi connectivity index (χ0) is 32.3. The van der Waals surface area contributed by atoms with Gasteiger partial charge in [0.25, 0.3) is 5.56 Å². The number of hydrogen-bond donors (Lipinski definition) is 6. The molecule has 8 rings (SSSR count). The van der Waals surface area contributed by atoms with Crippen LogP contribution >= 0.6 is 26.9 Å². The SMILES string of the molecule is Cc1nc2c(nnn2[C@@H]2O[C@@H]3CO[P@@](=O)(S)O[C@H]4[C@@H](O)[C@H](n5cnc6c(N)ncnc65)[C@H]5CC54COP(=O)(O)O[C@@H]2[C@@H]3O)c(=O)[nH]1. The van der Waals surface area contributed by atoms with E-state index in [0.717, 1.165) is 4.68 Å². The van der Waals surface area contributed by atoms with E-state index in [4.69, 9.17) is 28.6 Å². The minimum atomic E-state index is -5.01. The highest BCUT2D eigenvalue weighted by molar-refractivity contribution is 8.44. The summed E-state index contributed by atoms with van der Waals surface area (Å²) in [6, 6.07) is -0.751. The Morgan fingerprint density at radius 1 is 1.13 bits per heavy atom. The van der Waals surface area contributed by atoms with Gasteiger partial charge in [-0.1, -0.05) is 17.5 Å². The number of aromatic amines is 1. The molecule has 1 spiro atoms. The zero-order valence-electron chi connectivity index (χ0n) is 23.5. The van der Waals surface area contributed by atoms with Crippen LogP contribution in [0.1, 0.15) is 24.5 Å². The molecule has 246 valence electrons. The van der Waals surface area contributed by atoms with E-state index in [9.17, 15) is 29.0 Å². The van der Waals surface area contributed by atoms with Crippen molar-refractivity contribution in [3.63, 3.8) is 0 Å². The molecule has 11 atom stereocenters. The first kappa shape index (κ1) is 30.5. The first-order valence-corrected chi connectivity index (χ1v) is 18.1. The number of aliphatic hydroxyl groups is 2. The third-order valence-electron chi connectivity index (χ3n) is 8.93. The molecule has 2 aliphatic carbocycles. The zero-order valence-corrected chi connectivity index (χ0v) is 26.2. The number of aromatic nitrogens is 9. The van der Waals surface area contributed by atoms with E-state index in [-0.39, 0.29) is 22.8 Å². The summed E-state index contributed by atoms with van der Waals surface area (Å²) in [5, 5.41) is 30.4. The van der Waals surface area contributed by atoms with Crippen LogP contribution in [-0.4, -0.2) is 103 Å². The van der Waals surface area contributed by atoms with Gasteiger partial charge in [-0.3, -0.25) is 22.9 Å². The van der Waals surface area contributed by atoms with Crippen molar-refractivity contribution in [3.05, 3.63) is 28.8 Å². The Bertz CT molecular complexity index is 2040. The smallest absolute Gasteiger partial charge is 0.388 e. The van der Waals surface area contributed by atoms with E-state index < -0.39 is 87.5 Å². The van der Waals surface area contributed by atoms with Gasteiger partial charge in [0.05, 0.1) is 25.6 Å². The number of hydrogen-bond acceptors (Lipinski definition) is 17. The number of anilines is 1. The van der Waals surface area contributed by atoms with Crippen LogP contribution in [-0.2, 0) is 32.0 Å². The molecule has 6 N–H and O–H groups in total. The first-order valence-electron chi connectivity index (χ1n) is 13.9. The average Bonchev–Trinajstić information content (AvgIpc) is 3.26. The summed E-state index contributed by atoms with van der Waals surface area (Å²) in [5.74, 6) is -0.0936. The molecular weight excluding hydrogens is 674 g/mol. The first-order chi connectivity index (χ1) is 21.8. The summed E-state index contributed by atoms with van der Waals surface area (Å²) in [6.07, 6.45) is -5.74. The number of phosphoric ester groups is 1. The molecular formula is C22H26N10O11P2S. The number of aliphatic hydroxyl groups excluding tert-OH is 2. The number of rotatable bonds is 2. The van der Waals surface area contributed by atoms with Crippen LogP contribution in [0.25, 0.3) is 22.3 Å². The molecule has 21 nitrogen and oxygen atoms in total. The number of H-pyrrole nitrogens is 1. The minimum Gasteiger partial charge on any atom is -0.388 e. The third-order valence-corrected chi connectivity index (χ3v) is 11.5. The van der Waals surface area contributed by atoms with E-state index in [1.807, 2.05) is 0 Å². The number of ether oxygens (including phenoxy) is 1. The van der Waals surface area contributed by atoms with Gasteiger partial charge in [0.15, 0.2) is 28.9 Å². The van der Waals surface area contributed by atoms with Gasteiger partial charge in [-0.25, -0.2) is 29.1 Å². The van der Waals surface area contributed by atoms with E-state index in [0.29, 0.717) is 17.6 Å². The fraction of sp³-hybridized carbons (Fsp3) is 0.591. The summed E-state index contributed by atoms with van der Waals surface area (Å²) in [5.41, 5.74) is 4.62. The van der Waals surface area contributed by atoms with Crippen molar-refractivity contribution >= 4 is 55.0 Å². The van der Waals surface area contributed by atoms with Gasteiger partial charge in [0.1, 0.15) is 48.2 Å². The lowest BCUT2D eigenvalue weighted by Crippen LogP contribution is -2.37. The van der Waals surface area contributed by atoms with Gasteiger partial charge in [0.2, 0.25) is 0 Å². The molecule has 0 amide bonds. The van der Waals surface area contributed by atoms with Crippen molar-refractivity contribution in [1.29, 1.82) is 0 Å². The van der Waals surface area contributed by atoms with Crippen LogP contribution in [0.3, 0.4) is 0 Å². The molecule has 4 aromatic heterocycles. The Morgan fingerprint density at radius 2 is 1.93 bits per heavy atom. The molecule has 2 unspecified atom stereocenters. The Balaban J connectivity index is 1.14. The van der Waals surface area contributed by atoms with Gasteiger partial charge in [-0.05, 0) is 19.3 Å². The molecule has 4 fully saturated rings. The van der Waals surface area contributed by atoms with Gasteiger partial charge < -0.3 is 35.1 Å². The molecule has 2 saturated carbocycles. The molecule has 4 aromatic rings. The van der Waals surface area contributed by atoms with Crippen LogP contribution in [0.2, 0.25) is 0 Å². The molecule has 2 aliphatic heterocycles. The molecule has 0 radical (unpaired) electrons. The maximum Gasteiger partial charge on any atom is 0.472 e. The maximum atomic E-state index is 13.6. The lowest BCUT2D eigenvalue weighted by Gasteiger charge is -2.30. The van der Waals surface area contributed by atoms with E-state index in [2.05, 4.69) is 47.5 Å². The number of nitrogens with one attached hydrogen (secondary N) is 1. The van der Waals surface area contributed by atoms with Gasteiger partial charge in [0, 0.05) is 5.41 Å². The second-order valence-corrected chi connectivity index (χ2v) is 15.9. The number of nitrogens with zero attached hydrogens (tertiary/aromatic N) is 8. The Labute approximate surface area is 261 Å². The van der Waals surface area contributed by atoms with Crippen LogP contribution < -0.4 is 11.3 Å². The molecule has 6 heterocycles. The number of nitrogen functional groups attached to an aromatic ring is 1. The Hall–Kier alpha value is -2.88. The summed E-state index contributed by atoms with van der Waals surface area (Å²) >= 11 is 4.13. The van der Waals surface area contributed by atoms with Crippen molar-refractivity contribution in [2.75, 3.05) is 18.9 Å². The highest BCUT2D eigenvalue weighted by Gasteiger charge is 2.74. The molecule has 24 heteroatoms. The lowest BCUT2D eigenvalue weighted by molar-refractivity contribution is -0.0641. The van der Waals surface area contributed by atoms with Gasteiger partial charge in [-0.15, -0.1) is 5.10 Å². The standard InChI is InChI=1S/C22H26N10O11P2S/c1-7-27-19-11(20(35)28-7)29-30-32(19)21-15-13(33)9(41-21)3-39-45(38,46)43-16-14(34)12(8-2-22(8,16)4-40-44(36,37)42-15)31-6-26-10-17(23)24-5-25-18(10)31/h5-6,8-9,12-16,21,33-34H,2-4H2,1H3,(H,36,37)(H,38,46)(H2,23,24,25)(H,27,28,35)/t8-,9-,12-,13-,14+,15-,16+,21-,22?,45-/m1/s1. The van der Waals surface area contributed by atoms with Crippen molar-refractivity contribution in [1.82, 2.24) is 44.5 Å². The highest BCUT2D eigenvalue weighted by atomic mass is 32.7. The maximum absolute atomic E-state index is 13.6. The predicted octanol–water partition coefficient (Wildman–Crippen LogP) is -0.619. The normalized spacial score (nSPS) is 41.1. The van der Waals surface area contributed by atoms with Crippen LogP contribution in [0.4, 0.5) is 5.82 Å². The fourth-order valence-corrected chi connectivity index (χ4v) is 9.30. The monoisotopic (exact) mass is 700 g/mol. The Morgan fingerprint density at radius 3 is 2.74 bits per heavy atom. The van der Waals surface area contributed by atoms with Crippen LogP contribution in [0, 0.1) is 18.3 Å². The molecule has 2 saturated heterocycles. The topological polar surface area (TPSA) is 287 Å². The molecule has 4 aliphatic rings. The average molecular weight is 701 g/mol. The number of phosphoric acid groups is 1. The summed E-state index contributed by atoms with van der Waals surface area (Å²) in [4.78, 5) is 42.4. The predicted molar refractivity (Wildman–Crippen MR) is 154 cm³/mol. The lowest BCUT2D eigenvalue weighted by atomic mass is 10.0. The number of imidazole rings is 1. The summed E-state index contributed by atoms with van der Waals surface area (Å²) in [6.45, 7) is -3.88. The highest BCUT2D eigenvalue weighted by Crippen LogP contribution is 2.73. The van der Waals surface area contributed by atoms with Crippen molar-refractivity contribution < 1.29 is 47.1 Å². The largest absolute Gasteiger partial charge is 0.472 e. The van der Waals surface area contributed by atoms with Gasteiger partial charge >= 0.3 is 14.6 Å². The number of fused-ring (bicyclic) bond motifs is 4. The second-order valence-electron chi connectivity index (χ2n) is 11.6. The van der Waals surface area contributed by atoms with E-state index in [1.165, 1.54) is 19.6 Å². The van der Waals surface area contributed by atoms with Crippen molar-refractivity contribution in [2.24, 2.45) is 11.3 Å². The van der Waals surface area contributed by atoms with Crippen molar-refractivity contribution in [2.45, 2.75) is 56.1 Å². The summed E-state index contributed by atoms with van der Waals surface area (Å²) in [7, 11) is -5.01. The number of nitrogens with two attached hydrogens (primary N) is 1. The second kappa shape index (κ2) is 10.3. The minimum absolute atomic E-state index is 0.0563. The van der Waals surface area contributed by atoms with Gasteiger partial charge in [-0.2, -0.15) is 4.68 Å². The Kier molecular flexibility index (Phi) is 6.82. The van der Waals surface area contributed by atoms with Crippen molar-refractivity contribution in [3.8, 4) is 0 Å². The summed E-state index contributed by atoms with van der Waals surface area (Å²) < 4.78 is 57.8. The van der Waals surface area contributed by atoms with Crippen LogP contribution in [0.5, 0.6) is 0 Å². The van der Waals surface area contributed by atoms with Crippen LogP contribution in [0.15, 0.2) is 17.4 Å². The number of thiol groups is 1. The number of aryl methyl sites for hydroxylation is 1. The molecule has 2 bridgehead atoms. The van der Waals surface area contributed by atoms with E-state index >= 15 is 0 Å². The van der Waals surface area contributed by atoms with E-state index in [1.54, 1.807) is 4.57 Å². The third kappa shape index (κ3) is 4.66. The molecule has 46 heavy (non-hydrogen) atoms.